The van der Waals surface area contributed by atoms with Crippen molar-refractivity contribution in [3.8, 4) is 5.75 Å². The van der Waals surface area contributed by atoms with Gasteiger partial charge in [-0.2, -0.15) is 0 Å². The highest BCUT2D eigenvalue weighted by molar-refractivity contribution is 5.38. The molecule has 0 saturated heterocycles. The third kappa shape index (κ3) is 7.84. The zero-order chi connectivity index (χ0) is 16.6. The van der Waals surface area contributed by atoms with Crippen LogP contribution in [0, 0.1) is 0 Å². The molecule has 0 aliphatic heterocycles. The number of unbranched alkanes of at least 4 members (excludes halogenated alkanes) is 3. The monoisotopic (exact) mass is 305 g/mol. The van der Waals surface area contributed by atoms with Crippen molar-refractivity contribution >= 4 is 0 Å². The Morgan fingerprint density at radius 1 is 0.864 bits per heavy atom. The number of rotatable bonds is 8. The molecule has 0 fully saturated rings. The largest absolute Gasteiger partial charge is 0.493 e. The summed E-state index contributed by atoms with van der Waals surface area (Å²) in [7, 11) is 0. The average molecular weight is 306 g/mol. The van der Waals surface area contributed by atoms with E-state index in [9.17, 15) is 0 Å². The van der Waals surface area contributed by atoms with Gasteiger partial charge in [0.05, 0.1) is 6.61 Å². The summed E-state index contributed by atoms with van der Waals surface area (Å²) >= 11 is 0. The summed E-state index contributed by atoms with van der Waals surface area (Å²) in [5.74, 6) is 1.05. The minimum absolute atomic E-state index is 0.134. The standard InChI is InChI=1S/C20H35NO/c1-19(2,3)17-13-9-10-14-18(17)22-16-12-8-7-11-15-21-20(4,5)6/h9-10,13-14,21H,7-8,11-12,15-16H2,1-6H3. The molecule has 0 aromatic heterocycles. The number of hydrogen-bond donors (Lipinski definition) is 1. The Morgan fingerprint density at radius 2 is 1.50 bits per heavy atom. The topological polar surface area (TPSA) is 21.3 Å². The molecule has 0 amide bonds. The third-order valence-corrected chi connectivity index (χ3v) is 3.68. The molecule has 0 heterocycles. The molecule has 0 bridgehead atoms. The number of para-hydroxylation sites is 1. The van der Waals surface area contributed by atoms with Crippen LogP contribution < -0.4 is 10.1 Å². The van der Waals surface area contributed by atoms with Crippen LogP contribution in [0.2, 0.25) is 0 Å². The van der Waals surface area contributed by atoms with Crippen LogP contribution in [0.15, 0.2) is 24.3 Å². The van der Waals surface area contributed by atoms with Gasteiger partial charge in [-0.3, -0.25) is 0 Å². The van der Waals surface area contributed by atoms with Crippen molar-refractivity contribution in [2.75, 3.05) is 13.2 Å². The van der Waals surface area contributed by atoms with Crippen LogP contribution in [-0.2, 0) is 5.41 Å². The van der Waals surface area contributed by atoms with Crippen molar-refractivity contribution in [2.45, 2.75) is 78.2 Å². The lowest BCUT2D eigenvalue weighted by Gasteiger charge is -2.22. The fraction of sp³-hybridized carbons (Fsp3) is 0.700. The van der Waals surface area contributed by atoms with Crippen molar-refractivity contribution in [2.24, 2.45) is 0 Å². The quantitative estimate of drug-likeness (QED) is 0.657. The normalized spacial score (nSPS) is 12.5. The van der Waals surface area contributed by atoms with Crippen LogP contribution in [-0.4, -0.2) is 18.7 Å². The second kappa shape index (κ2) is 8.57. The molecule has 1 aromatic rings. The molecule has 126 valence electrons. The van der Waals surface area contributed by atoms with Crippen molar-refractivity contribution < 1.29 is 4.74 Å². The lowest BCUT2D eigenvalue weighted by atomic mass is 9.86. The maximum atomic E-state index is 6.01. The van der Waals surface area contributed by atoms with Gasteiger partial charge >= 0.3 is 0 Å². The van der Waals surface area contributed by atoms with Crippen molar-refractivity contribution in [1.29, 1.82) is 0 Å². The van der Waals surface area contributed by atoms with Crippen LogP contribution in [0.4, 0.5) is 0 Å². The summed E-state index contributed by atoms with van der Waals surface area (Å²) in [4.78, 5) is 0. The Labute approximate surface area is 137 Å². The first-order valence-electron chi connectivity index (χ1n) is 8.67. The minimum atomic E-state index is 0.134. The second-order valence-electron chi connectivity index (χ2n) is 8.19. The first-order valence-corrected chi connectivity index (χ1v) is 8.67. The Kier molecular flexibility index (Phi) is 7.41. The minimum Gasteiger partial charge on any atom is -0.493 e. The molecule has 0 aliphatic carbocycles. The number of nitrogens with one attached hydrogen (secondary N) is 1. The molecule has 0 atom stereocenters. The lowest BCUT2D eigenvalue weighted by Crippen LogP contribution is -2.36. The molecule has 0 aliphatic rings. The van der Waals surface area contributed by atoms with E-state index in [1.807, 2.05) is 0 Å². The molecule has 0 saturated carbocycles. The highest BCUT2D eigenvalue weighted by Crippen LogP contribution is 2.30. The maximum Gasteiger partial charge on any atom is 0.123 e. The van der Waals surface area contributed by atoms with E-state index in [-0.39, 0.29) is 11.0 Å². The molecule has 0 spiro atoms. The summed E-state index contributed by atoms with van der Waals surface area (Å²) in [6.07, 6.45) is 4.89. The molecule has 1 N–H and O–H groups in total. The van der Waals surface area contributed by atoms with Gasteiger partial charge in [-0.05, 0) is 57.2 Å². The molecule has 1 rings (SSSR count). The predicted octanol–water partition coefficient (Wildman–Crippen LogP) is 5.31. The Balaban J connectivity index is 2.21. The molecular formula is C20H35NO. The molecule has 0 unspecified atom stereocenters. The van der Waals surface area contributed by atoms with Crippen LogP contribution in [0.5, 0.6) is 5.75 Å². The Hall–Kier alpha value is -1.02. The van der Waals surface area contributed by atoms with Gasteiger partial charge in [0.1, 0.15) is 5.75 Å². The van der Waals surface area contributed by atoms with Crippen LogP contribution in [0.3, 0.4) is 0 Å². The first-order chi connectivity index (χ1) is 10.2. The second-order valence-corrected chi connectivity index (χ2v) is 8.19. The van der Waals surface area contributed by atoms with Gasteiger partial charge in [0.2, 0.25) is 0 Å². The average Bonchev–Trinajstić information content (AvgIpc) is 2.40. The highest BCUT2D eigenvalue weighted by atomic mass is 16.5. The van der Waals surface area contributed by atoms with E-state index in [4.69, 9.17) is 4.74 Å². The number of hydrogen-bond acceptors (Lipinski definition) is 2. The summed E-state index contributed by atoms with van der Waals surface area (Å²) in [6, 6.07) is 8.42. The zero-order valence-electron chi connectivity index (χ0n) is 15.5. The van der Waals surface area contributed by atoms with E-state index in [1.54, 1.807) is 0 Å². The fourth-order valence-corrected chi connectivity index (χ4v) is 2.44. The van der Waals surface area contributed by atoms with Crippen LogP contribution in [0.25, 0.3) is 0 Å². The Morgan fingerprint density at radius 3 is 2.14 bits per heavy atom. The van der Waals surface area contributed by atoms with Crippen molar-refractivity contribution in [1.82, 2.24) is 5.32 Å². The number of benzene rings is 1. The third-order valence-electron chi connectivity index (χ3n) is 3.68. The van der Waals surface area contributed by atoms with Gasteiger partial charge in [0.25, 0.3) is 0 Å². The van der Waals surface area contributed by atoms with Gasteiger partial charge in [-0.15, -0.1) is 0 Å². The molecule has 1 aromatic carbocycles. The number of ether oxygens (including phenoxy) is 1. The summed E-state index contributed by atoms with van der Waals surface area (Å²) in [6.45, 7) is 15.3. The molecule has 2 nitrogen and oxygen atoms in total. The van der Waals surface area contributed by atoms with Gasteiger partial charge in [0, 0.05) is 5.54 Å². The van der Waals surface area contributed by atoms with E-state index in [1.165, 1.54) is 24.8 Å². The van der Waals surface area contributed by atoms with E-state index in [0.717, 1.165) is 25.3 Å². The Bertz CT molecular complexity index is 426. The van der Waals surface area contributed by atoms with Gasteiger partial charge < -0.3 is 10.1 Å². The molecule has 22 heavy (non-hydrogen) atoms. The smallest absolute Gasteiger partial charge is 0.123 e. The molecular weight excluding hydrogens is 270 g/mol. The predicted molar refractivity (Wildman–Crippen MR) is 96.9 cm³/mol. The summed E-state index contributed by atoms with van der Waals surface area (Å²) in [5.41, 5.74) is 1.67. The van der Waals surface area contributed by atoms with Gasteiger partial charge in [0.15, 0.2) is 0 Å². The van der Waals surface area contributed by atoms with Gasteiger partial charge in [-0.1, -0.05) is 51.8 Å². The highest BCUT2D eigenvalue weighted by Gasteiger charge is 2.18. The molecule has 0 radical (unpaired) electrons. The van der Waals surface area contributed by atoms with Crippen molar-refractivity contribution in [3.05, 3.63) is 29.8 Å². The van der Waals surface area contributed by atoms with E-state index in [0.29, 0.717) is 0 Å². The van der Waals surface area contributed by atoms with E-state index < -0.39 is 0 Å². The SMILES string of the molecule is CC(C)(C)NCCCCCCOc1ccccc1C(C)(C)C. The lowest BCUT2D eigenvalue weighted by molar-refractivity contribution is 0.296. The van der Waals surface area contributed by atoms with Crippen molar-refractivity contribution in [3.63, 3.8) is 0 Å². The fourth-order valence-electron chi connectivity index (χ4n) is 2.44. The zero-order valence-corrected chi connectivity index (χ0v) is 15.5. The van der Waals surface area contributed by atoms with E-state index in [2.05, 4.69) is 71.1 Å². The van der Waals surface area contributed by atoms with Crippen LogP contribution >= 0.6 is 0 Å². The van der Waals surface area contributed by atoms with Gasteiger partial charge in [-0.25, -0.2) is 0 Å². The summed E-state index contributed by atoms with van der Waals surface area (Å²) < 4.78 is 6.01. The maximum absolute atomic E-state index is 6.01. The summed E-state index contributed by atoms with van der Waals surface area (Å²) in [5, 5.41) is 3.53. The van der Waals surface area contributed by atoms with E-state index >= 15 is 0 Å². The molecule has 2 heteroatoms. The first kappa shape index (κ1) is 19.0. The van der Waals surface area contributed by atoms with Crippen LogP contribution in [0.1, 0.15) is 72.8 Å².